The first-order chi connectivity index (χ1) is 40.8. The summed E-state index contributed by atoms with van der Waals surface area (Å²) in [6.07, 6.45) is -5.96. The second-order valence-electron chi connectivity index (χ2n) is 20.0. The second-order valence-corrected chi connectivity index (χ2v) is 23.1. The molecule has 1 aromatic heterocycles. The number of sulfonamides is 1. The number of aliphatic carboxylic acids is 2. The number of hydrogen-bond acceptors (Lipinski definition) is 12. The number of rotatable bonds is 21. The zero-order chi connectivity index (χ0) is 64.6. The Bertz CT molecular complexity index is 3640. The molecule has 21 nitrogen and oxygen atoms in total. The van der Waals surface area contributed by atoms with Crippen LogP contribution in [0.15, 0.2) is 124 Å². The third-order valence-corrected chi connectivity index (χ3v) is 16.3. The van der Waals surface area contributed by atoms with Crippen LogP contribution in [0.1, 0.15) is 62.9 Å². The molecule has 29 heteroatoms. The number of carbonyl (C=O) groups excluding carboxylic acids is 3. The molecule has 2 unspecified atom stereocenters. The van der Waals surface area contributed by atoms with E-state index in [4.69, 9.17) is 24.2 Å². The van der Waals surface area contributed by atoms with Crippen molar-refractivity contribution < 1.29 is 90.9 Å². The average Bonchev–Trinajstić information content (AvgIpc) is 0.829. The first-order valence-corrected chi connectivity index (χ1v) is 30.4. The highest BCUT2D eigenvalue weighted by Gasteiger charge is 2.39. The van der Waals surface area contributed by atoms with Crippen molar-refractivity contribution in [2.75, 3.05) is 70.9 Å². The fraction of sp³-hybridized carbons (Fsp3) is 0.397. The van der Waals surface area contributed by atoms with Crippen LogP contribution >= 0.6 is 0 Å². The number of benzene rings is 4. The van der Waals surface area contributed by atoms with E-state index >= 15 is 0 Å². The summed E-state index contributed by atoms with van der Waals surface area (Å²) in [5, 5.41) is 21.5. The number of pyridine rings is 1. The van der Waals surface area contributed by atoms with Crippen LogP contribution in [0, 0.1) is 0 Å². The van der Waals surface area contributed by atoms with Crippen LogP contribution in [0.2, 0.25) is 0 Å². The monoisotopic (exact) mass is 1260 g/mol. The smallest absolute Gasteiger partial charge is 0.475 e. The molecule has 7 rings (SSSR count). The Kier molecular flexibility index (Phi) is 24.5. The Morgan fingerprint density at radius 2 is 1.36 bits per heavy atom. The van der Waals surface area contributed by atoms with E-state index in [9.17, 15) is 62.1 Å². The number of fused-ring (bicyclic) bond motifs is 2. The van der Waals surface area contributed by atoms with Crippen molar-refractivity contribution in [3.8, 4) is 22.5 Å². The van der Waals surface area contributed by atoms with Crippen LogP contribution in [0.3, 0.4) is 0 Å². The molecular formula is C58H70F6N8O13S2+2. The van der Waals surface area contributed by atoms with Gasteiger partial charge in [-0.25, -0.2) is 31.9 Å². The number of carbonyl (C=O) groups is 5. The van der Waals surface area contributed by atoms with Crippen molar-refractivity contribution in [2.45, 2.75) is 87.6 Å². The average molecular weight is 1270 g/mol. The van der Waals surface area contributed by atoms with Gasteiger partial charge < -0.3 is 40.0 Å². The van der Waals surface area contributed by atoms with Crippen LogP contribution in [-0.2, 0) is 52.8 Å². The SMILES string of the molecule is CCN(CC)c1ccc2c(-c3ccc(S(=O)(=O)NCCCCC(NC(=O)c4ccc[n+](C)c4)C(=O)NC(Cc4ccccc4)C(=O)N4CCN(C)CC4)cc3S(=O)(=O)O)c3ccc(=[N+](CC)CC)cc-3oc2c1.O=C(O)C(F)(F)F.O=C(O)C(F)(F)F. The zero-order valence-electron chi connectivity index (χ0n) is 48.5. The predicted molar refractivity (Wildman–Crippen MR) is 309 cm³/mol. The molecule has 0 spiro atoms. The molecular weight excluding hydrogens is 1190 g/mol. The summed E-state index contributed by atoms with van der Waals surface area (Å²) in [7, 11) is -5.63. The summed E-state index contributed by atoms with van der Waals surface area (Å²) in [6.45, 7) is 13.4. The fourth-order valence-corrected chi connectivity index (χ4v) is 11.3. The number of alkyl halides is 6. The van der Waals surface area contributed by atoms with Gasteiger partial charge in [0.2, 0.25) is 27.2 Å². The molecule has 0 saturated carbocycles. The Morgan fingerprint density at radius 1 is 0.747 bits per heavy atom. The lowest BCUT2D eigenvalue weighted by molar-refractivity contribution is -0.671. The largest absolute Gasteiger partial charge is 0.490 e. The van der Waals surface area contributed by atoms with Crippen molar-refractivity contribution in [1.29, 1.82) is 0 Å². The molecule has 1 fully saturated rings. The fourth-order valence-electron chi connectivity index (χ4n) is 9.38. The van der Waals surface area contributed by atoms with Gasteiger partial charge in [-0.1, -0.05) is 36.4 Å². The normalized spacial score (nSPS) is 13.7. The van der Waals surface area contributed by atoms with Gasteiger partial charge in [0.15, 0.2) is 12.4 Å². The van der Waals surface area contributed by atoms with Crippen LogP contribution in [0.25, 0.3) is 33.4 Å². The molecule has 1 saturated heterocycles. The summed E-state index contributed by atoms with van der Waals surface area (Å²) in [4.78, 5) is 64.7. The Morgan fingerprint density at radius 3 is 1.92 bits per heavy atom. The van der Waals surface area contributed by atoms with E-state index in [1.54, 1.807) is 41.0 Å². The summed E-state index contributed by atoms with van der Waals surface area (Å²) < 4.78 is 142. The van der Waals surface area contributed by atoms with E-state index in [-0.39, 0.29) is 48.6 Å². The van der Waals surface area contributed by atoms with Crippen LogP contribution in [0.4, 0.5) is 32.0 Å². The number of aromatic nitrogens is 1. The number of nitrogens with one attached hydrogen (secondary N) is 3. The topological polar surface area (TPSA) is 280 Å². The number of halogens is 6. The van der Waals surface area contributed by atoms with E-state index < -0.39 is 73.2 Å². The van der Waals surface area contributed by atoms with E-state index in [0.29, 0.717) is 59.6 Å². The van der Waals surface area contributed by atoms with Crippen molar-refractivity contribution in [3.63, 3.8) is 0 Å². The van der Waals surface area contributed by atoms with E-state index in [0.717, 1.165) is 48.9 Å². The molecule has 4 aromatic rings. The molecule has 1 aliphatic carbocycles. The number of anilines is 1. The Labute approximate surface area is 499 Å². The van der Waals surface area contributed by atoms with Crippen LogP contribution < -0.4 is 34.8 Å². The van der Waals surface area contributed by atoms with Gasteiger partial charge in [-0.2, -0.15) is 34.8 Å². The molecule has 87 heavy (non-hydrogen) atoms. The minimum atomic E-state index is -5.08. The lowest BCUT2D eigenvalue weighted by atomic mass is 9.93. The molecule has 6 N–H and O–H groups in total. The number of unbranched alkanes of at least 4 members (excludes halogenated alkanes) is 1. The number of aryl methyl sites for hydroxylation is 1. The molecule has 3 aliphatic rings. The highest BCUT2D eigenvalue weighted by atomic mass is 32.2. The number of carboxylic acids is 2. The lowest BCUT2D eigenvalue weighted by Gasteiger charge is -2.35. The van der Waals surface area contributed by atoms with Gasteiger partial charge in [-0.3, -0.25) is 18.9 Å². The number of hydrogen-bond donors (Lipinski definition) is 6. The van der Waals surface area contributed by atoms with Gasteiger partial charge in [0.05, 0.1) is 11.0 Å². The molecule has 0 bridgehead atoms. The standard InChI is InChI=1S/C54H66N8O9S2.2C2HF3O2/c1-7-60(8-2)40-21-24-43-48(34-40)71-49-35-41(61(9-3)10-4)22-25-44(49)51(43)45-26-23-42(36-50(45)73(68,69)70)72(66,67)55-27-15-14-20-46(56-52(63)39-19-16-28-59(6)37-39)53(64)57-47(33-38-17-12-11-13-18-38)54(65)62-31-29-58(5)30-32-62;2*3-2(4,5)1(6)7/h11-13,16-19,21-26,28,34-37,46-47,55H,7-10,14-15,20,27,29-33H2,1-6H3,(H-2,56,57,63,64,68,69,70);2*(H,6,7)/p+2. The van der Waals surface area contributed by atoms with Crippen LogP contribution in [-0.4, -0.2) is 161 Å². The van der Waals surface area contributed by atoms with Gasteiger partial charge >= 0.3 is 24.3 Å². The van der Waals surface area contributed by atoms with E-state index in [2.05, 4.69) is 29.7 Å². The number of amides is 3. The molecule has 3 heterocycles. The van der Waals surface area contributed by atoms with Gasteiger partial charge in [0.25, 0.3) is 16.0 Å². The Balaban J connectivity index is 0.000000879. The van der Waals surface area contributed by atoms with Gasteiger partial charge in [0, 0.05) is 98.2 Å². The highest BCUT2D eigenvalue weighted by molar-refractivity contribution is 7.89. The van der Waals surface area contributed by atoms with Crippen molar-refractivity contribution in [3.05, 3.63) is 126 Å². The molecule has 472 valence electrons. The molecule has 0 radical (unpaired) electrons. The zero-order valence-corrected chi connectivity index (χ0v) is 50.1. The maximum absolute atomic E-state index is 14.2. The maximum atomic E-state index is 14.2. The van der Waals surface area contributed by atoms with Gasteiger partial charge in [-0.05, 0) is 96.0 Å². The van der Waals surface area contributed by atoms with Crippen LogP contribution in [0.5, 0.6) is 0 Å². The third kappa shape index (κ3) is 19.5. The first-order valence-electron chi connectivity index (χ1n) is 27.5. The first kappa shape index (κ1) is 69.8. The third-order valence-electron chi connectivity index (χ3n) is 14.0. The predicted octanol–water partition coefficient (Wildman–Crippen LogP) is 5.95. The van der Waals surface area contributed by atoms with Gasteiger partial charge in [0.1, 0.15) is 54.0 Å². The minimum Gasteiger partial charge on any atom is -0.475 e. The maximum Gasteiger partial charge on any atom is 0.490 e. The van der Waals surface area contributed by atoms with Crippen molar-refractivity contribution in [1.82, 2.24) is 29.7 Å². The molecule has 3 aromatic carbocycles. The second kappa shape index (κ2) is 30.6. The summed E-state index contributed by atoms with van der Waals surface area (Å²) in [5.74, 6) is -6.32. The molecule has 2 aliphatic heterocycles. The number of piperazine rings is 1. The van der Waals surface area contributed by atoms with E-state index in [1.165, 1.54) is 12.1 Å². The summed E-state index contributed by atoms with van der Waals surface area (Å²) in [5.41, 5.74) is 3.64. The number of carboxylic acid groups (broad SMARTS) is 2. The quantitative estimate of drug-likeness (QED) is 0.0160. The Hall–Kier alpha value is -7.99. The molecule has 2 atom stereocenters. The highest BCUT2D eigenvalue weighted by Crippen LogP contribution is 2.43. The molecule has 3 amide bonds. The summed E-state index contributed by atoms with van der Waals surface area (Å²) >= 11 is 0. The minimum absolute atomic E-state index is 0.0882. The van der Waals surface area contributed by atoms with Crippen molar-refractivity contribution >= 4 is 66.5 Å². The van der Waals surface area contributed by atoms with Gasteiger partial charge in [-0.15, -0.1) is 0 Å². The van der Waals surface area contributed by atoms with E-state index in [1.807, 2.05) is 101 Å². The van der Waals surface area contributed by atoms with Crippen molar-refractivity contribution in [2.24, 2.45) is 7.05 Å². The summed E-state index contributed by atoms with van der Waals surface area (Å²) in [6, 6.07) is 25.7. The number of nitrogens with zero attached hydrogens (tertiary/aromatic N) is 5. The lowest BCUT2D eigenvalue weighted by Crippen LogP contribution is -2.57. The number of likely N-dealkylation sites (N-methyl/N-ethyl adjacent to an activating group) is 1.